The maximum Gasteiger partial charge on any atom is 0.167 e. The Balaban J connectivity index is 2.11. The summed E-state index contributed by atoms with van der Waals surface area (Å²) in [6, 6.07) is 16.8. The third-order valence-corrected chi connectivity index (χ3v) is 2.95. The molecule has 2 rings (SSSR count). The van der Waals surface area contributed by atoms with Crippen LogP contribution >= 0.6 is 11.6 Å². The van der Waals surface area contributed by atoms with Crippen molar-refractivity contribution in [3.63, 3.8) is 0 Å². The molecule has 2 heteroatoms. The number of carbonyl (C=O) groups excluding carboxylic acids is 1. The molecule has 0 aromatic heterocycles. The van der Waals surface area contributed by atoms with Gasteiger partial charge >= 0.3 is 0 Å². The Bertz CT molecular complexity index is 573. The van der Waals surface area contributed by atoms with E-state index in [9.17, 15) is 4.79 Å². The van der Waals surface area contributed by atoms with Gasteiger partial charge in [-0.15, -0.1) is 0 Å². The van der Waals surface area contributed by atoms with Crippen molar-refractivity contribution in [1.29, 1.82) is 0 Å². The monoisotopic (exact) mass is 256 g/mol. The first kappa shape index (κ1) is 12.6. The maximum absolute atomic E-state index is 12.1. The number of ketones is 1. The van der Waals surface area contributed by atoms with E-state index in [4.69, 9.17) is 11.6 Å². The zero-order valence-corrected chi connectivity index (χ0v) is 10.7. The summed E-state index contributed by atoms with van der Waals surface area (Å²) < 4.78 is 0. The highest BCUT2D eigenvalue weighted by molar-refractivity contribution is 6.30. The Kier molecular flexibility index (Phi) is 3.96. The molecule has 0 bridgehead atoms. The van der Waals surface area contributed by atoms with Crippen LogP contribution in [0.3, 0.4) is 0 Å². The average molecular weight is 257 g/mol. The zero-order valence-electron chi connectivity index (χ0n) is 9.90. The summed E-state index contributed by atoms with van der Waals surface area (Å²) in [5.41, 5.74) is 2.31. The van der Waals surface area contributed by atoms with Crippen LogP contribution in [0.15, 0.2) is 61.2 Å². The lowest BCUT2D eigenvalue weighted by Crippen LogP contribution is -2.04. The third kappa shape index (κ3) is 3.08. The maximum atomic E-state index is 12.1. The van der Waals surface area contributed by atoms with Gasteiger partial charge in [-0.1, -0.05) is 60.6 Å². The van der Waals surface area contributed by atoms with Gasteiger partial charge in [-0.3, -0.25) is 4.79 Å². The van der Waals surface area contributed by atoms with Crippen molar-refractivity contribution < 1.29 is 4.79 Å². The number of allylic oxidation sites excluding steroid dienone is 1. The quantitative estimate of drug-likeness (QED) is 0.751. The van der Waals surface area contributed by atoms with Crippen LogP contribution in [0.25, 0.3) is 5.57 Å². The molecular weight excluding hydrogens is 244 g/mol. The Labute approximate surface area is 112 Å². The summed E-state index contributed by atoms with van der Waals surface area (Å²) in [6.07, 6.45) is 0.328. The lowest BCUT2D eigenvalue weighted by molar-refractivity contribution is -0.113. The topological polar surface area (TPSA) is 17.1 Å². The Morgan fingerprint density at radius 1 is 1.06 bits per heavy atom. The van der Waals surface area contributed by atoms with Gasteiger partial charge in [0.15, 0.2) is 5.78 Å². The summed E-state index contributed by atoms with van der Waals surface area (Å²) in [4.78, 5) is 12.1. The lowest BCUT2D eigenvalue weighted by Gasteiger charge is -2.05. The van der Waals surface area contributed by atoms with Gasteiger partial charge < -0.3 is 0 Å². The van der Waals surface area contributed by atoms with Gasteiger partial charge in [0.1, 0.15) is 0 Å². The first-order valence-corrected chi connectivity index (χ1v) is 6.06. The van der Waals surface area contributed by atoms with Crippen LogP contribution in [0.2, 0.25) is 5.02 Å². The van der Waals surface area contributed by atoms with E-state index in [-0.39, 0.29) is 5.78 Å². The van der Waals surface area contributed by atoms with Gasteiger partial charge in [-0.2, -0.15) is 0 Å². The predicted octanol–water partition coefficient (Wildman–Crippen LogP) is 4.17. The van der Waals surface area contributed by atoms with Crippen molar-refractivity contribution in [3.8, 4) is 0 Å². The molecule has 0 unspecified atom stereocenters. The standard InChI is InChI=1S/C16H13ClO/c1-12(14-7-3-2-4-8-14)16(18)11-13-6-5-9-15(17)10-13/h2-10H,1,11H2. The SMILES string of the molecule is C=C(C(=O)Cc1cccc(Cl)c1)c1ccccc1. The lowest BCUT2D eigenvalue weighted by atomic mass is 9.98. The third-order valence-electron chi connectivity index (χ3n) is 2.71. The molecule has 0 aliphatic heterocycles. The second-order valence-corrected chi connectivity index (χ2v) is 4.51. The molecule has 2 aromatic rings. The molecule has 18 heavy (non-hydrogen) atoms. The smallest absolute Gasteiger partial charge is 0.167 e. The molecule has 0 aliphatic rings. The number of hydrogen-bond acceptors (Lipinski definition) is 1. The van der Waals surface area contributed by atoms with Crippen molar-refractivity contribution in [3.05, 3.63) is 77.3 Å². The Hall–Kier alpha value is -1.86. The predicted molar refractivity (Wildman–Crippen MR) is 75.6 cm³/mol. The normalized spacial score (nSPS) is 10.1. The van der Waals surface area contributed by atoms with Crippen LogP contribution in [-0.2, 0) is 11.2 Å². The second kappa shape index (κ2) is 5.65. The second-order valence-electron chi connectivity index (χ2n) is 4.07. The van der Waals surface area contributed by atoms with Crippen LogP contribution in [-0.4, -0.2) is 5.78 Å². The minimum absolute atomic E-state index is 0.0171. The van der Waals surface area contributed by atoms with Crippen molar-refractivity contribution in [2.45, 2.75) is 6.42 Å². The molecule has 0 saturated carbocycles. The minimum Gasteiger partial charge on any atom is -0.294 e. The molecule has 0 N–H and O–H groups in total. The molecule has 0 fully saturated rings. The van der Waals surface area contributed by atoms with E-state index in [1.165, 1.54) is 0 Å². The molecule has 0 aliphatic carbocycles. The van der Waals surface area contributed by atoms with Crippen LogP contribution in [0.5, 0.6) is 0 Å². The van der Waals surface area contributed by atoms with Gasteiger partial charge in [-0.05, 0) is 23.3 Å². The van der Waals surface area contributed by atoms with E-state index < -0.39 is 0 Å². The van der Waals surface area contributed by atoms with Gasteiger partial charge in [0.05, 0.1) is 0 Å². The molecule has 2 aromatic carbocycles. The van der Waals surface area contributed by atoms with Gasteiger partial charge in [0, 0.05) is 17.0 Å². The Morgan fingerprint density at radius 2 is 1.78 bits per heavy atom. The van der Waals surface area contributed by atoms with E-state index in [2.05, 4.69) is 6.58 Å². The molecule has 0 radical (unpaired) electrons. The number of rotatable bonds is 4. The van der Waals surface area contributed by atoms with Crippen LogP contribution < -0.4 is 0 Å². The number of carbonyl (C=O) groups is 1. The number of benzene rings is 2. The van der Waals surface area contributed by atoms with Gasteiger partial charge in [0.25, 0.3) is 0 Å². The summed E-state index contributed by atoms with van der Waals surface area (Å²) in [5, 5.41) is 0.644. The van der Waals surface area contributed by atoms with Gasteiger partial charge in [-0.25, -0.2) is 0 Å². The molecule has 0 atom stereocenters. The van der Waals surface area contributed by atoms with Crippen molar-refractivity contribution in [2.75, 3.05) is 0 Å². The highest BCUT2D eigenvalue weighted by atomic mass is 35.5. The number of Topliss-reactive ketones (excluding diaryl/α,β-unsaturated/α-hetero) is 1. The van der Waals surface area contributed by atoms with Crippen LogP contribution in [0.1, 0.15) is 11.1 Å². The minimum atomic E-state index is 0.0171. The molecule has 0 heterocycles. The first-order valence-electron chi connectivity index (χ1n) is 5.69. The Morgan fingerprint density at radius 3 is 2.44 bits per heavy atom. The fourth-order valence-electron chi connectivity index (χ4n) is 1.74. The molecule has 0 amide bonds. The highest BCUT2D eigenvalue weighted by Crippen LogP contribution is 2.17. The fraction of sp³-hybridized carbons (Fsp3) is 0.0625. The van der Waals surface area contributed by atoms with Gasteiger partial charge in [0.2, 0.25) is 0 Å². The van der Waals surface area contributed by atoms with E-state index in [1.807, 2.05) is 42.5 Å². The molecule has 0 saturated heterocycles. The zero-order chi connectivity index (χ0) is 13.0. The van der Waals surface area contributed by atoms with Crippen molar-refractivity contribution >= 4 is 23.0 Å². The van der Waals surface area contributed by atoms with E-state index >= 15 is 0 Å². The van der Waals surface area contributed by atoms with Crippen molar-refractivity contribution in [1.82, 2.24) is 0 Å². The van der Waals surface area contributed by atoms with Crippen LogP contribution in [0, 0.1) is 0 Å². The number of halogens is 1. The molecule has 1 nitrogen and oxygen atoms in total. The summed E-state index contributed by atoms with van der Waals surface area (Å²) in [7, 11) is 0. The molecular formula is C16H13ClO. The van der Waals surface area contributed by atoms with Crippen molar-refractivity contribution in [2.24, 2.45) is 0 Å². The van der Waals surface area contributed by atoms with E-state index in [1.54, 1.807) is 12.1 Å². The molecule has 0 spiro atoms. The van der Waals surface area contributed by atoms with Crippen LogP contribution in [0.4, 0.5) is 0 Å². The summed E-state index contributed by atoms with van der Waals surface area (Å²) in [6.45, 7) is 3.86. The van der Waals surface area contributed by atoms with E-state index in [0.29, 0.717) is 17.0 Å². The highest BCUT2D eigenvalue weighted by Gasteiger charge is 2.10. The van der Waals surface area contributed by atoms with E-state index in [0.717, 1.165) is 11.1 Å². The number of hydrogen-bond donors (Lipinski definition) is 0. The molecule has 90 valence electrons. The fourth-order valence-corrected chi connectivity index (χ4v) is 1.95. The largest absolute Gasteiger partial charge is 0.294 e. The summed E-state index contributed by atoms with van der Waals surface area (Å²) in [5.74, 6) is 0.0171. The average Bonchev–Trinajstić information content (AvgIpc) is 2.39. The summed E-state index contributed by atoms with van der Waals surface area (Å²) >= 11 is 5.89. The first-order chi connectivity index (χ1) is 8.66.